The van der Waals surface area contributed by atoms with Gasteiger partial charge >= 0.3 is 12.4 Å². The largest absolute Gasteiger partial charge is 1.00 e. The number of halogens is 7. The van der Waals surface area contributed by atoms with Crippen LogP contribution in [-0.2, 0) is 23.7 Å². The minimum absolute atomic E-state index is 0. The first-order chi connectivity index (χ1) is 13.9. The summed E-state index contributed by atoms with van der Waals surface area (Å²) < 4.78 is 85.2. The molecular formula is C22H24F6INO. The van der Waals surface area contributed by atoms with E-state index in [-0.39, 0.29) is 54.4 Å². The van der Waals surface area contributed by atoms with Gasteiger partial charge in [0.05, 0.1) is 38.4 Å². The molecule has 1 heterocycles. The number of nitrogens with zero attached hydrogens (tertiary/aromatic N) is 1. The van der Waals surface area contributed by atoms with Gasteiger partial charge in [-0.15, -0.1) is 0 Å². The summed E-state index contributed by atoms with van der Waals surface area (Å²) in [6.45, 7) is 0.586. The van der Waals surface area contributed by atoms with Crippen LogP contribution in [0.3, 0.4) is 0 Å². The van der Waals surface area contributed by atoms with E-state index >= 15 is 0 Å². The van der Waals surface area contributed by atoms with Gasteiger partial charge in [-0.05, 0) is 36.6 Å². The van der Waals surface area contributed by atoms with Gasteiger partial charge in [-0.3, -0.25) is 0 Å². The number of alkyl halides is 6. The van der Waals surface area contributed by atoms with Crippen LogP contribution in [0.4, 0.5) is 26.3 Å². The van der Waals surface area contributed by atoms with E-state index in [1.54, 1.807) is 0 Å². The van der Waals surface area contributed by atoms with E-state index in [4.69, 9.17) is 4.74 Å². The van der Waals surface area contributed by atoms with Crippen LogP contribution >= 0.6 is 0 Å². The monoisotopic (exact) mass is 559 g/mol. The zero-order valence-electron chi connectivity index (χ0n) is 17.1. The molecule has 0 aliphatic carbocycles. The van der Waals surface area contributed by atoms with E-state index in [1.807, 2.05) is 30.3 Å². The minimum Gasteiger partial charge on any atom is -1.00 e. The quantitative estimate of drug-likeness (QED) is 0.318. The molecule has 0 unspecified atom stereocenters. The summed E-state index contributed by atoms with van der Waals surface area (Å²) in [4.78, 5) is 0. The molecule has 1 fully saturated rings. The molecule has 0 bridgehead atoms. The molecule has 31 heavy (non-hydrogen) atoms. The lowest BCUT2D eigenvalue weighted by atomic mass is 9.90. The number of likely N-dealkylation sites (tertiary alicyclic amines) is 1. The summed E-state index contributed by atoms with van der Waals surface area (Å²) in [5, 5.41) is 0. The Hall–Kier alpha value is -1.33. The zero-order valence-corrected chi connectivity index (χ0v) is 19.3. The van der Waals surface area contributed by atoms with Crippen molar-refractivity contribution in [2.24, 2.45) is 0 Å². The van der Waals surface area contributed by atoms with E-state index in [9.17, 15) is 26.3 Å². The average Bonchev–Trinajstić information content (AvgIpc) is 2.64. The summed E-state index contributed by atoms with van der Waals surface area (Å²) in [5.41, 5.74) is -1.75. The Kier molecular flexibility index (Phi) is 8.08. The summed E-state index contributed by atoms with van der Waals surface area (Å²) in [6.07, 6.45) is -8.51. The number of quaternary nitrogens is 1. The maximum Gasteiger partial charge on any atom is 0.416 e. The highest BCUT2D eigenvalue weighted by Crippen LogP contribution is 2.39. The van der Waals surface area contributed by atoms with Gasteiger partial charge < -0.3 is 33.2 Å². The lowest BCUT2D eigenvalue weighted by Gasteiger charge is -2.45. The van der Waals surface area contributed by atoms with Crippen LogP contribution in [0.25, 0.3) is 0 Å². The minimum atomic E-state index is -4.87. The molecule has 3 rings (SSSR count). The van der Waals surface area contributed by atoms with E-state index in [0.717, 1.165) is 30.7 Å². The predicted molar refractivity (Wildman–Crippen MR) is 100 cm³/mol. The van der Waals surface area contributed by atoms with Crippen LogP contribution in [-0.4, -0.2) is 31.2 Å². The first kappa shape index (κ1) is 25.9. The van der Waals surface area contributed by atoms with Crippen molar-refractivity contribution in [1.29, 1.82) is 0 Å². The molecule has 0 amide bonds. The maximum absolute atomic E-state index is 13.1. The van der Waals surface area contributed by atoms with Crippen molar-refractivity contribution in [2.75, 3.05) is 20.6 Å². The second-order valence-corrected chi connectivity index (χ2v) is 8.26. The van der Waals surface area contributed by atoms with Crippen molar-refractivity contribution < 1.29 is 59.5 Å². The van der Waals surface area contributed by atoms with Crippen molar-refractivity contribution in [1.82, 2.24) is 0 Å². The van der Waals surface area contributed by atoms with Crippen molar-refractivity contribution in [2.45, 2.75) is 43.9 Å². The Morgan fingerprint density at radius 3 is 1.97 bits per heavy atom. The SMILES string of the molecule is C[N+]1(C)CCC[C@H](OCc2cc(C(F)(F)F)cc(C(F)(F)F)c2)[C@@H]1c1ccccc1.[I-]. The Bertz CT molecular complexity index is 834. The molecule has 1 aliphatic rings. The summed E-state index contributed by atoms with van der Waals surface area (Å²) in [6, 6.07) is 11.2. The molecule has 2 aromatic carbocycles. The van der Waals surface area contributed by atoms with Gasteiger partial charge in [0.15, 0.2) is 0 Å². The van der Waals surface area contributed by atoms with Gasteiger partial charge in [-0.2, -0.15) is 26.3 Å². The fourth-order valence-corrected chi connectivity index (χ4v) is 4.20. The molecule has 2 nitrogen and oxygen atoms in total. The lowest BCUT2D eigenvalue weighted by Crippen LogP contribution is -3.00. The van der Waals surface area contributed by atoms with E-state index in [0.29, 0.717) is 10.9 Å². The van der Waals surface area contributed by atoms with Crippen LogP contribution in [0.15, 0.2) is 48.5 Å². The molecule has 0 saturated carbocycles. The molecule has 0 spiro atoms. The van der Waals surface area contributed by atoms with Gasteiger partial charge in [0.1, 0.15) is 12.1 Å². The van der Waals surface area contributed by atoms with Crippen molar-refractivity contribution in [3.63, 3.8) is 0 Å². The van der Waals surface area contributed by atoms with Crippen LogP contribution in [0, 0.1) is 0 Å². The van der Waals surface area contributed by atoms with Gasteiger partial charge in [-0.1, -0.05) is 30.3 Å². The highest BCUT2D eigenvalue weighted by atomic mass is 127. The van der Waals surface area contributed by atoms with Crippen molar-refractivity contribution >= 4 is 0 Å². The van der Waals surface area contributed by atoms with Crippen LogP contribution in [0.1, 0.15) is 41.1 Å². The molecular weight excluding hydrogens is 535 g/mol. The normalized spacial score (nSPS) is 21.4. The Morgan fingerprint density at radius 2 is 1.45 bits per heavy atom. The highest BCUT2D eigenvalue weighted by molar-refractivity contribution is 5.33. The van der Waals surface area contributed by atoms with E-state index in [2.05, 4.69) is 14.1 Å². The second-order valence-electron chi connectivity index (χ2n) is 8.26. The smallest absolute Gasteiger partial charge is 0.416 e. The third-order valence-electron chi connectivity index (χ3n) is 5.58. The predicted octanol–water partition coefficient (Wildman–Crippen LogP) is 3.22. The fourth-order valence-electron chi connectivity index (χ4n) is 4.20. The molecule has 0 aromatic heterocycles. The van der Waals surface area contributed by atoms with Gasteiger partial charge in [0, 0.05) is 5.56 Å². The average molecular weight is 559 g/mol. The second kappa shape index (κ2) is 9.66. The molecule has 172 valence electrons. The first-order valence-electron chi connectivity index (χ1n) is 9.65. The van der Waals surface area contributed by atoms with E-state index in [1.165, 1.54) is 0 Å². The molecule has 1 saturated heterocycles. The Labute approximate surface area is 194 Å². The van der Waals surface area contributed by atoms with Crippen molar-refractivity contribution in [3.05, 3.63) is 70.8 Å². The number of likely N-dealkylation sites (N-methyl/N-ethyl adjacent to an activating group) is 1. The third kappa shape index (κ3) is 6.35. The molecule has 2 atom stereocenters. The molecule has 2 aromatic rings. The first-order valence-corrected chi connectivity index (χ1v) is 9.65. The Morgan fingerprint density at radius 1 is 0.903 bits per heavy atom. The summed E-state index contributed by atoms with van der Waals surface area (Å²) in [7, 11) is 4.11. The van der Waals surface area contributed by atoms with Gasteiger partial charge in [0.25, 0.3) is 0 Å². The number of ether oxygens (including phenoxy) is 1. The molecule has 0 N–H and O–H groups in total. The van der Waals surface area contributed by atoms with Crippen LogP contribution < -0.4 is 24.0 Å². The maximum atomic E-state index is 13.1. The number of hydrogen-bond acceptors (Lipinski definition) is 1. The fraction of sp³-hybridized carbons (Fsp3) is 0.455. The Balaban J connectivity index is 0.00000341. The van der Waals surface area contributed by atoms with Gasteiger partial charge in [-0.25, -0.2) is 0 Å². The standard InChI is InChI=1S/C22H24F6NO.HI/c1-29(2)10-6-9-19(20(29)16-7-4-3-5-8-16)30-14-15-11-17(21(23,24)25)13-18(12-15)22(26,27)28;/h3-5,7-8,11-13,19-20H,6,9-10,14H2,1-2H3;1H/q+1;/p-1/t19-,20-;/m0./s1. The topological polar surface area (TPSA) is 9.23 Å². The summed E-state index contributed by atoms with van der Waals surface area (Å²) in [5.74, 6) is 0. The highest BCUT2D eigenvalue weighted by Gasteiger charge is 2.41. The van der Waals surface area contributed by atoms with Crippen LogP contribution in [0.2, 0.25) is 0 Å². The van der Waals surface area contributed by atoms with E-state index < -0.39 is 23.5 Å². The zero-order chi connectivity index (χ0) is 22.2. The lowest BCUT2D eigenvalue weighted by molar-refractivity contribution is -0.930. The third-order valence-corrected chi connectivity index (χ3v) is 5.58. The number of piperidine rings is 1. The summed E-state index contributed by atoms with van der Waals surface area (Å²) >= 11 is 0. The van der Waals surface area contributed by atoms with Crippen LogP contribution in [0.5, 0.6) is 0 Å². The molecule has 0 radical (unpaired) electrons. The van der Waals surface area contributed by atoms with Crippen molar-refractivity contribution in [3.8, 4) is 0 Å². The van der Waals surface area contributed by atoms with Gasteiger partial charge in [0.2, 0.25) is 0 Å². The molecule has 9 heteroatoms. The number of benzene rings is 2. The molecule has 1 aliphatic heterocycles. The number of hydrogen-bond donors (Lipinski definition) is 0. The number of rotatable bonds is 4.